The third-order valence-corrected chi connectivity index (χ3v) is 2.62. The van der Waals surface area contributed by atoms with Crippen LogP contribution >= 0.6 is 0 Å². The van der Waals surface area contributed by atoms with Crippen LogP contribution in [0.2, 0.25) is 0 Å². The Hall–Kier alpha value is -2.99. The van der Waals surface area contributed by atoms with Crippen LogP contribution in [0.25, 0.3) is 5.69 Å². The highest BCUT2D eigenvalue weighted by Gasteiger charge is 2.15. The third kappa shape index (κ3) is 2.20. The molecule has 0 atom stereocenters. The van der Waals surface area contributed by atoms with E-state index in [2.05, 4.69) is 10.4 Å². The van der Waals surface area contributed by atoms with E-state index in [4.69, 9.17) is 16.3 Å². The molecule has 1 aromatic carbocycles. The molecule has 0 aliphatic rings. The molecule has 0 spiro atoms. The van der Waals surface area contributed by atoms with Crippen LogP contribution < -0.4 is 11.1 Å². The average molecular weight is 252 g/mol. The van der Waals surface area contributed by atoms with Crippen LogP contribution in [0.4, 0.5) is 11.6 Å². The van der Waals surface area contributed by atoms with E-state index in [1.165, 1.54) is 4.68 Å². The van der Waals surface area contributed by atoms with Gasteiger partial charge < -0.3 is 11.1 Å². The van der Waals surface area contributed by atoms with Crippen molar-refractivity contribution in [2.75, 3.05) is 17.6 Å². The first-order valence-corrected chi connectivity index (χ1v) is 5.74. The summed E-state index contributed by atoms with van der Waals surface area (Å²) in [4.78, 5) is 0. The molecule has 0 fully saturated rings. The highest BCUT2D eigenvalue weighted by molar-refractivity contribution is 5.66. The Labute approximate surface area is 110 Å². The monoisotopic (exact) mass is 252 g/mol. The molecule has 0 saturated heterocycles. The summed E-state index contributed by atoms with van der Waals surface area (Å²) in [6, 6.07) is 10.9. The van der Waals surface area contributed by atoms with E-state index >= 15 is 0 Å². The Balaban J connectivity index is 2.50. The molecule has 0 radical (unpaired) electrons. The first-order valence-electron chi connectivity index (χ1n) is 5.74. The maximum atomic E-state index is 9.10. The number of nitrogens with two attached hydrogens (primary N) is 1. The summed E-state index contributed by atoms with van der Waals surface area (Å²) in [6.45, 7) is 2.57. The highest BCUT2D eigenvalue weighted by Crippen LogP contribution is 2.24. The Kier molecular flexibility index (Phi) is 3.35. The van der Waals surface area contributed by atoms with Gasteiger partial charge in [-0.25, -0.2) is 4.68 Å². The number of rotatable bonds is 3. The van der Waals surface area contributed by atoms with Crippen molar-refractivity contribution >= 4 is 11.6 Å². The lowest BCUT2D eigenvalue weighted by Crippen LogP contribution is -2.02. The number of hydrogen-bond acceptors (Lipinski definition) is 5. The van der Waals surface area contributed by atoms with Gasteiger partial charge in [-0.1, -0.05) is 0 Å². The van der Waals surface area contributed by atoms with Crippen LogP contribution in [-0.2, 0) is 0 Å². The van der Waals surface area contributed by atoms with Gasteiger partial charge in [-0.15, -0.1) is 5.10 Å². The van der Waals surface area contributed by atoms with Crippen molar-refractivity contribution in [1.82, 2.24) is 9.78 Å². The van der Waals surface area contributed by atoms with E-state index in [1.54, 1.807) is 24.3 Å². The van der Waals surface area contributed by atoms with Gasteiger partial charge in [0.15, 0.2) is 5.82 Å². The van der Waals surface area contributed by atoms with Gasteiger partial charge in [0.25, 0.3) is 0 Å². The predicted molar refractivity (Wildman–Crippen MR) is 71.6 cm³/mol. The summed E-state index contributed by atoms with van der Waals surface area (Å²) < 4.78 is 1.48. The quantitative estimate of drug-likeness (QED) is 0.864. The maximum Gasteiger partial charge on any atom is 0.168 e. The summed E-state index contributed by atoms with van der Waals surface area (Å²) in [6.07, 6.45) is 0. The van der Waals surface area contributed by atoms with Crippen LogP contribution in [0, 0.1) is 22.7 Å². The van der Waals surface area contributed by atoms with Crippen LogP contribution in [0.15, 0.2) is 24.3 Å². The van der Waals surface area contributed by atoms with Crippen molar-refractivity contribution in [1.29, 1.82) is 10.5 Å². The predicted octanol–water partition coefficient (Wildman–Crippen LogP) is 1.63. The number of nitrogens with zero attached hydrogens (tertiary/aromatic N) is 4. The first-order chi connectivity index (χ1) is 9.21. The summed E-state index contributed by atoms with van der Waals surface area (Å²) in [5, 5.41) is 25.1. The zero-order valence-corrected chi connectivity index (χ0v) is 10.4. The number of anilines is 2. The van der Waals surface area contributed by atoms with Gasteiger partial charge in [0.2, 0.25) is 0 Å². The van der Waals surface area contributed by atoms with Gasteiger partial charge in [-0.05, 0) is 31.2 Å². The Morgan fingerprint density at radius 2 is 1.95 bits per heavy atom. The maximum absolute atomic E-state index is 9.10. The van der Waals surface area contributed by atoms with Crippen LogP contribution in [0.3, 0.4) is 0 Å². The number of hydrogen-bond donors (Lipinski definition) is 2. The van der Waals surface area contributed by atoms with E-state index in [9.17, 15) is 0 Å². The van der Waals surface area contributed by atoms with E-state index in [0.29, 0.717) is 29.2 Å². The minimum absolute atomic E-state index is 0.281. The largest absolute Gasteiger partial charge is 0.382 e. The molecule has 0 saturated carbocycles. The van der Waals surface area contributed by atoms with Gasteiger partial charge in [-0.2, -0.15) is 10.5 Å². The number of nitriles is 2. The number of nitrogens with one attached hydrogen (secondary N) is 1. The van der Waals surface area contributed by atoms with Crippen LogP contribution in [0.1, 0.15) is 18.1 Å². The fourth-order valence-corrected chi connectivity index (χ4v) is 1.71. The van der Waals surface area contributed by atoms with E-state index in [0.717, 1.165) is 0 Å². The average Bonchev–Trinajstić information content (AvgIpc) is 2.75. The minimum Gasteiger partial charge on any atom is -0.382 e. The smallest absolute Gasteiger partial charge is 0.168 e. The van der Waals surface area contributed by atoms with Gasteiger partial charge in [-0.3, -0.25) is 0 Å². The summed E-state index contributed by atoms with van der Waals surface area (Å²) in [5.74, 6) is 0.745. The van der Waals surface area contributed by atoms with E-state index in [-0.39, 0.29) is 5.82 Å². The van der Waals surface area contributed by atoms with E-state index in [1.807, 2.05) is 19.1 Å². The second-order valence-corrected chi connectivity index (χ2v) is 3.82. The Bertz CT molecular complexity index is 669. The molecule has 1 heterocycles. The molecule has 19 heavy (non-hydrogen) atoms. The lowest BCUT2D eigenvalue weighted by molar-refractivity contribution is 0.889. The molecule has 0 aliphatic carbocycles. The van der Waals surface area contributed by atoms with Crippen molar-refractivity contribution < 1.29 is 0 Å². The van der Waals surface area contributed by atoms with Gasteiger partial charge >= 0.3 is 0 Å². The van der Waals surface area contributed by atoms with Crippen LogP contribution in [-0.4, -0.2) is 16.3 Å². The van der Waals surface area contributed by atoms with Crippen molar-refractivity contribution in [3.63, 3.8) is 0 Å². The molecular weight excluding hydrogens is 240 g/mol. The molecule has 3 N–H and O–H groups in total. The lowest BCUT2D eigenvalue weighted by Gasteiger charge is -2.03. The molecule has 0 amide bonds. The van der Waals surface area contributed by atoms with Crippen molar-refractivity contribution in [3.05, 3.63) is 35.4 Å². The molecule has 1 aromatic heterocycles. The molecule has 0 unspecified atom stereocenters. The highest BCUT2D eigenvalue weighted by atomic mass is 15.3. The Morgan fingerprint density at radius 3 is 2.47 bits per heavy atom. The molecular formula is C13H12N6. The molecule has 0 bridgehead atoms. The zero-order chi connectivity index (χ0) is 13.8. The summed E-state index contributed by atoms with van der Waals surface area (Å²) in [5.41, 5.74) is 7.51. The summed E-state index contributed by atoms with van der Waals surface area (Å²) in [7, 11) is 0. The van der Waals surface area contributed by atoms with Crippen LogP contribution in [0.5, 0.6) is 0 Å². The van der Waals surface area contributed by atoms with Crippen molar-refractivity contribution in [3.8, 4) is 17.8 Å². The first kappa shape index (κ1) is 12.5. The standard InChI is InChI=1S/C13H12N6/c1-2-17-13-11(8-15)12(16)19(18-13)10-5-3-9(7-14)4-6-10/h3-6H,2,16H2,1H3,(H,17,18). The third-order valence-electron chi connectivity index (χ3n) is 2.62. The summed E-state index contributed by atoms with van der Waals surface area (Å²) >= 11 is 0. The zero-order valence-electron chi connectivity index (χ0n) is 10.4. The number of nitrogen functional groups attached to an aromatic ring is 1. The van der Waals surface area contributed by atoms with Crippen molar-refractivity contribution in [2.24, 2.45) is 0 Å². The van der Waals surface area contributed by atoms with E-state index < -0.39 is 0 Å². The molecule has 94 valence electrons. The second kappa shape index (κ2) is 5.11. The molecule has 0 aliphatic heterocycles. The topological polar surface area (TPSA) is 103 Å². The lowest BCUT2D eigenvalue weighted by atomic mass is 10.2. The normalized spacial score (nSPS) is 9.63. The molecule has 6 heteroatoms. The van der Waals surface area contributed by atoms with Gasteiger partial charge in [0.1, 0.15) is 17.5 Å². The Morgan fingerprint density at radius 1 is 1.26 bits per heavy atom. The SMILES string of the molecule is CCNc1nn(-c2ccc(C#N)cc2)c(N)c1C#N. The minimum atomic E-state index is 0.281. The molecule has 2 aromatic rings. The fraction of sp³-hybridized carbons (Fsp3) is 0.154. The van der Waals surface area contributed by atoms with Gasteiger partial charge in [0.05, 0.1) is 17.3 Å². The second-order valence-electron chi connectivity index (χ2n) is 3.82. The fourth-order valence-electron chi connectivity index (χ4n) is 1.71. The molecule has 2 rings (SSSR count). The molecule has 6 nitrogen and oxygen atoms in total. The van der Waals surface area contributed by atoms with Crippen molar-refractivity contribution in [2.45, 2.75) is 6.92 Å². The number of aromatic nitrogens is 2. The van der Waals surface area contributed by atoms with Gasteiger partial charge in [0, 0.05) is 6.54 Å². The number of benzene rings is 1.